The summed E-state index contributed by atoms with van der Waals surface area (Å²) in [5.74, 6) is 0.464. The molecule has 2 saturated heterocycles. The molecule has 5 nitrogen and oxygen atoms in total. The van der Waals surface area contributed by atoms with Gasteiger partial charge in [0.1, 0.15) is 0 Å². The molecule has 0 aliphatic carbocycles. The zero-order valence-corrected chi connectivity index (χ0v) is 12.6. The maximum absolute atomic E-state index is 12.4. The van der Waals surface area contributed by atoms with Crippen LogP contribution in [0.5, 0.6) is 0 Å². The van der Waals surface area contributed by atoms with Crippen molar-refractivity contribution >= 4 is 22.6 Å². The zero-order valence-electron chi connectivity index (χ0n) is 11.0. The first kappa shape index (κ1) is 16.2. The first-order valence-electron chi connectivity index (χ1n) is 6.54. The predicted octanol–water partition coefficient (Wildman–Crippen LogP) is 0.680. The fraction of sp³-hybridized carbons (Fsp3) is 1.00. The van der Waals surface area contributed by atoms with Gasteiger partial charge < -0.3 is 5.32 Å². The minimum Gasteiger partial charge on any atom is -0.319 e. The van der Waals surface area contributed by atoms with Crippen LogP contribution in [0, 0.1) is 5.92 Å². The molecule has 2 fully saturated rings. The first-order valence-corrected chi connectivity index (χ1v) is 7.94. The topological polar surface area (TPSA) is 52.7 Å². The van der Waals surface area contributed by atoms with Gasteiger partial charge in [0, 0.05) is 26.2 Å². The van der Waals surface area contributed by atoms with Crippen LogP contribution in [0.1, 0.15) is 25.7 Å². The van der Waals surface area contributed by atoms with Gasteiger partial charge in [0.15, 0.2) is 0 Å². The molecule has 0 aromatic heterocycles. The van der Waals surface area contributed by atoms with Crippen LogP contribution in [-0.4, -0.2) is 56.8 Å². The zero-order chi connectivity index (χ0) is 12.3. The molecule has 108 valence electrons. The van der Waals surface area contributed by atoms with Gasteiger partial charge in [0.25, 0.3) is 10.2 Å². The van der Waals surface area contributed by atoms with E-state index in [1.54, 1.807) is 8.61 Å². The Morgan fingerprint density at radius 3 is 2.33 bits per heavy atom. The fourth-order valence-corrected chi connectivity index (χ4v) is 4.58. The molecule has 0 radical (unpaired) electrons. The molecule has 2 heterocycles. The van der Waals surface area contributed by atoms with Gasteiger partial charge in [-0.15, -0.1) is 12.4 Å². The van der Waals surface area contributed by atoms with Gasteiger partial charge in [-0.05, 0) is 45.2 Å². The van der Waals surface area contributed by atoms with Gasteiger partial charge in [-0.3, -0.25) is 0 Å². The molecule has 0 bridgehead atoms. The van der Waals surface area contributed by atoms with Crippen LogP contribution in [0.15, 0.2) is 0 Å². The van der Waals surface area contributed by atoms with E-state index in [0.717, 1.165) is 32.2 Å². The van der Waals surface area contributed by atoms with Crippen molar-refractivity contribution in [1.29, 1.82) is 0 Å². The average Bonchev–Trinajstić information content (AvgIpc) is 2.84. The summed E-state index contributed by atoms with van der Waals surface area (Å²) in [5.41, 5.74) is 0. The van der Waals surface area contributed by atoms with Gasteiger partial charge in [-0.1, -0.05) is 0 Å². The number of hydrogen-bond donors (Lipinski definition) is 1. The molecule has 18 heavy (non-hydrogen) atoms. The van der Waals surface area contributed by atoms with E-state index in [2.05, 4.69) is 5.32 Å². The second-order valence-electron chi connectivity index (χ2n) is 5.04. The Hall–Kier alpha value is 0.120. The fourth-order valence-electron chi connectivity index (χ4n) is 2.77. The van der Waals surface area contributed by atoms with Crippen LogP contribution in [-0.2, 0) is 10.2 Å². The largest absolute Gasteiger partial charge is 0.319 e. The van der Waals surface area contributed by atoms with Crippen molar-refractivity contribution in [1.82, 2.24) is 13.9 Å². The molecule has 0 amide bonds. The van der Waals surface area contributed by atoms with Crippen molar-refractivity contribution in [3.05, 3.63) is 0 Å². The lowest BCUT2D eigenvalue weighted by Gasteiger charge is -2.34. The molecule has 2 rings (SSSR count). The Balaban J connectivity index is 0.00000162. The summed E-state index contributed by atoms with van der Waals surface area (Å²) in [6.45, 7) is 3.69. The minimum atomic E-state index is -3.17. The standard InChI is InChI=1S/C11H23N3O2S.ClH/c1-12-9-11-5-4-8-14(10-11)17(15,16)13-6-2-3-7-13;/h11-12H,2-10H2,1H3;1H. The maximum atomic E-state index is 12.4. The Bertz CT molecular complexity index is 342. The molecular formula is C11H24ClN3O2S. The summed E-state index contributed by atoms with van der Waals surface area (Å²) < 4.78 is 28.1. The summed E-state index contributed by atoms with van der Waals surface area (Å²) in [7, 11) is -1.25. The summed E-state index contributed by atoms with van der Waals surface area (Å²) in [6.07, 6.45) is 4.13. The Labute approximate surface area is 116 Å². The third kappa shape index (κ3) is 3.57. The second kappa shape index (κ2) is 7.05. The van der Waals surface area contributed by atoms with Crippen LogP contribution in [0.25, 0.3) is 0 Å². The van der Waals surface area contributed by atoms with E-state index in [9.17, 15) is 8.42 Å². The number of nitrogens with zero attached hydrogens (tertiary/aromatic N) is 2. The Morgan fingerprint density at radius 2 is 1.72 bits per heavy atom. The normalized spacial score (nSPS) is 27.1. The molecule has 1 atom stereocenters. The SMILES string of the molecule is CNCC1CCCN(S(=O)(=O)N2CCCC2)C1.Cl. The maximum Gasteiger partial charge on any atom is 0.281 e. The van der Waals surface area contributed by atoms with Crippen molar-refractivity contribution in [2.24, 2.45) is 5.92 Å². The van der Waals surface area contributed by atoms with Gasteiger partial charge in [-0.2, -0.15) is 17.0 Å². The molecule has 1 N–H and O–H groups in total. The highest BCUT2D eigenvalue weighted by molar-refractivity contribution is 7.86. The van der Waals surface area contributed by atoms with Crippen molar-refractivity contribution in [2.45, 2.75) is 25.7 Å². The first-order chi connectivity index (χ1) is 8.14. The van der Waals surface area contributed by atoms with Crippen LogP contribution in [0.3, 0.4) is 0 Å². The Kier molecular flexibility index (Phi) is 6.34. The third-order valence-corrected chi connectivity index (χ3v) is 5.69. The number of piperidine rings is 1. The molecule has 1 unspecified atom stereocenters. The monoisotopic (exact) mass is 297 g/mol. The third-order valence-electron chi connectivity index (χ3n) is 3.69. The van der Waals surface area contributed by atoms with E-state index < -0.39 is 10.2 Å². The predicted molar refractivity (Wildman–Crippen MR) is 75.2 cm³/mol. The van der Waals surface area contributed by atoms with Crippen molar-refractivity contribution < 1.29 is 8.42 Å². The lowest BCUT2D eigenvalue weighted by atomic mass is 10.00. The van der Waals surface area contributed by atoms with E-state index in [-0.39, 0.29) is 12.4 Å². The number of hydrogen-bond acceptors (Lipinski definition) is 3. The summed E-state index contributed by atoms with van der Waals surface area (Å²) in [5, 5.41) is 3.14. The molecule has 2 aliphatic heterocycles. The van der Waals surface area contributed by atoms with E-state index in [4.69, 9.17) is 0 Å². The van der Waals surface area contributed by atoms with Crippen molar-refractivity contribution in [3.63, 3.8) is 0 Å². The van der Waals surface area contributed by atoms with Crippen LogP contribution >= 0.6 is 12.4 Å². The average molecular weight is 298 g/mol. The molecule has 0 aromatic carbocycles. The molecule has 0 saturated carbocycles. The van der Waals surface area contributed by atoms with Crippen LogP contribution in [0.2, 0.25) is 0 Å². The minimum absolute atomic E-state index is 0. The summed E-state index contributed by atoms with van der Waals surface area (Å²) in [6, 6.07) is 0. The second-order valence-corrected chi connectivity index (χ2v) is 6.97. The van der Waals surface area contributed by atoms with E-state index in [0.29, 0.717) is 32.1 Å². The van der Waals surface area contributed by atoms with E-state index in [1.165, 1.54) is 0 Å². The number of halogens is 1. The molecule has 2 aliphatic rings. The van der Waals surface area contributed by atoms with E-state index in [1.807, 2.05) is 7.05 Å². The van der Waals surface area contributed by atoms with Gasteiger partial charge in [0.05, 0.1) is 0 Å². The lowest BCUT2D eigenvalue weighted by molar-refractivity contribution is 0.249. The highest BCUT2D eigenvalue weighted by atomic mass is 35.5. The molecular weight excluding hydrogens is 274 g/mol. The van der Waals surface area contributed by atoms with Crippen molar-refractivity contribution in [2.75, 3.05) is 39.8 Å². The number of nitrogens with one attached hydrogen (secondary N) is 1. The molecule has 0 spiro atoms. The summed E-state index contributed by atoms with van der Waals surface area (Å²) in [4.78, 5) is 0. The van der Waals surface area contributed by atoms with Crippen molar-refractivity contribution in [3.8, 4) is 0 Å². The van der Waals surface area contributed by atoms with Gasteiger partial charge in [0.2, 0.25) is 0 Å². The van der Waals surface area contributed by atoms with Gasteiger partial charge >= 0.3 is 0 Å². The summed E-state index contributed by atoms with van der Waals surface area (Å²) >= 11 is 0. The highest BCUT2D eigenvalue weighted by Crippen LogP contribution is 2.23. The van der Waals surface area contributed by atoms with Crippen LogP contribution in [0.4, 0.5) is 0 Å². The highest BCUT2D eigenvalue weighted by Gasteiger charge is 2.34. The molecule has 7 heteroatoms. The quantitative estimate of drug-likeness (QED) is 0.830. The number of rotatable bonds is 4. The molecule has 0 aromatic rings. The van der Waals surface area contributed by atoms with Gasteiger partial charge in [-0.25, -0.2) is 0 Å². The Morgan fingerprint density at radius 1 is 1.11 bits per heavy atom. The lowest BCUT2D eigenvalue weighted by Crippen LogP contribution is -2.48. The van der Waals surface area contributed by atoms with Crippen LogP contribution < -0.4 is 5.32 Å². The smallest absolute Gasteiger partial charge is 0.281 e. The van der Waals surface area contributed by atoms with E-state index >= 15 is 0 Å².